The van der Waals surface area contributed by atoms with E-state index in [4.69, 9.17) is 4.42 Å². The van der Waals surface area contributed by atoms with E-state index in [1.807, 2.05) is 6.92 Å². The number of thioether (sulfide) groups is 1. The lowest BCUT2D eigenvalue weighted by atomic mass is 10.2. The highest BCUT2D eigenvalue weighted by molar-refractivity contribution is 7.98. The molecular weight excluding hydrogens is 346 g/mol. The monoisotopic (exact) mass is 365 g/mol. The van der Waals surface area contributed by atoms with E-state index in [9.17, 15) is 13.2 Å². The molecule has 128 valence electrons. The predicted octanol–water partition coefficient (Wildman–Crippen LogP) is 2.80. The van der Waals surface area contributed by atoms with Crippen LogP contribution in [-0.4, -0.2) is 31.9 Å². The van der Waals surface area contributed by atoms with Gasteiger partial charge in [-0.05, 0) is 37.6 Å². The van der Waals surface area contributed by atoms with Gasteiger partial charge >= 0.3 is 0 Å². The van der Waals surface area contributed by atoms with Crippen LogP contribution in [0.25, 0.3) is 0 Å². The van der Waals surface area contributed by atoms with Crippen molar-refractivity contribution in [1.82, 2.24) is 5.32 Å². The van der Waals surface area contributed by atoms with Crippen molar-refractivity contribution >= 4 is 27.5 Å². The van der Waals surface area contributed by atoms with Crippen molar-refractivity contribution in [2.45, 2.75) is 30.0 Å². The van der Waals surface area contributed by atoms with Gasteiger partial charge in [-0.1, -0.05) is 17.7 Å². The summed E-state index contributed by atoms with van der Waals surface area (Å²) in [5, 5.41) is 2.73. The summed E-state index contributed by atoms with van der Waals surface area (Å²) in [7, 11) is -3.01. The second-order valence-corrected chi connectivity index (χ2v) is 9.22. The number of hydrogen-bond donors (Lipinski definition) is 1. The van der Waals surface area contributed by atoms with Gasteiger partial charge in [0, 0.05) is 10.9 Å². The molecule has 2 aromatic rings. The topological polar surface area (TPSA) is 76.4 Å². The molecule has 1 aromatic carbocycles. The highest BCUT2D eigenvalue weighted by Crippen LogP contribution is 2.24. The Labute approximate surface area is 145 Å². The molecule has 2 heterocycles. The number of benzene rings is 1. The number of nitrogens with one attached hydrogen (secondary N) is 1. The lowest BCUT2D eigenvalue weighted by molar-refractivity contribution is 0.0911. The highest BCUT2D eigenvalue weighted by atomic mass is 32.2. The minimum atomic E-state index is -3.01. The smallest absolute Gasteiger partial charge is 0.287 e. The molecule has 1 N–H and O–H groups in total. The first-order valence-electron chi connectivity index (χ1n) is 7.71. The molecule has 1 aliphatic heterocycles. The summed E-state index contributed by atoms with van der Waals surface area (Å²) >= 11 is 1.64. The zero-order valence-corrected chi connectivity index (χ0v) is 15.0. The number of amides is 1. The number of furan rings is 1. The SMILES string of the molecule is Cc1ccc(SCc2ccc(C(=O)NC3CCS(=O)(=O)C3)o2)cc1. The molecule has 0 spiro atoms. The molecule has 1 saturated heterocycles. The second kappa shape index (κ2) is 7.03. The van der Waals surface area contributed by atoms with Gasteiger partial charge in [0.1, 0.15) is 5.76 Å². The van der Waals surface area contributed by atoms with Crippen molar-refractivity contribution in [3.63, 3.8) is 0 Å². The Balaban J connectivity index is 1.55. The molecular formula is C17H19NO4S2. The molecule has 24 heavy (non-hydrogen) atoms. The summed E-state index contributed by atoms with van der Waals surface area (Å²) in [4.78, 5) is 13.3. The molecule has 0 aliphatic carbocycles. The number of hydrogen-bond acceptors (Lipinski definition) is 5. The number of carbonyl (C=O) groups is 1. The molecule has 1 unspecified atom stereocenters. The summed E-state index contributed by atoms with van der Waals surface area (Å²) in [6.07, 6.45) is 0.463. The third-order valence-electron chi connectivity index (χ3n) is 3.86. The van der Waals surface area contributed by atoms with E-state index in [2.05, 4.69) is 29.6 Å². The maximum absolute atomic E-state index is 12.1. The van der Waals surface area contributed by atoms with Crippen LogP contribution in [0.5, 0.6) is 0 Å². The minimum Gasteiger partial charge on any atom is -0.455 e. The summed E-state index contributed by atoms with van der Waals surface area (Å²) in [5.41, 5.74) is 1.21. The van der Waals surface area contributed by atoms with E-state index < -0.39 is 9.84 Å². The van der Waals surface area contributed by atoms with Gasteiger partial charge in [-0.15, -0.1) is 11.8 Å². The largest absolute Gasteiger partial charge is 0.455 e. The van der Waals surface area contributed by atoms with Gasteiger partial charge in [0.2, 0.25) is 0 Å². The Kier molecular flexibility index (Phi) is 5.01. The van der Waals surface area contributed by atoms with Crippen LogP contribution >= 0.6 is 11.8 Å². The molecule has 1 amide bonds. The van der Waals surface area contributed by atoms with E-state index in [0.717, 1.165) is 4.90 Å². The maximum Gasteiger partial charge on any atom is 0.287 e. The Morgan fingerprint density at radius 1 is 1.25 bits per heavy atom. The first kappa shape index (κ1) is 17.1. The van der Waals surface area contributed by atoms with Gasteiger partial charge < -0.3 is 9.73 Å². The van der Waals surface area contributed by atoms with E-state index in [1.54, 1.807) is 23.9 Å². The fourth-order valence-corrected chi connectivity index (χ4v) is 5.00. The molecule has 1 atom stereocenters. The number of carbonyl (C=O) groups excluding carboxylic acids is 1. The van der Waals surface area contributed by atoms with Crippen molar-refractivity contribution in [2.75, 3.05) is 11.5 Å². The average Bonchev–Trinajstić information content (AvgIpc) is 3.13. The van der Waals surface area contributed by atoms with Gasteiger partial charge in [-0.3, -0.25) is 4.79 Å². The van der Waals surface area contributed by atoms with Crippen molar-refractivity contribution in [3.05, 3.63) is 53.5 Å². The Morgan fingerprint density at radius 2 is 2.00 bits per heavy atom. The fourth-order valence-electron chi connectivity index (χ4n) is 2.53. The molecule has 0 radical (unpaired) electrons. The Morgan fingerprint density at radius 3 is 2.67 bits per heavy atom. The summed E-state index contributed by atoms with van der Waals surface area (Å²) in [6.45, 7) is 2.04. The van der Waals surface area contributed by atoms with Crippen molar-refractivity contribution in [1.29, 1.82) is 0 Å². The molecule has 7 heteroatoms. The third kappa shape index (κ3) is 4.42. The number of aryl methyl sites for hydroxylation is 1. The highest BCUT2D eigenvalue weighted by Gasteiger charge is 2.29. The van der Waals surface area contributed by atoms with Crippen molar-refractivity contribution < 1.29 is 17.6 Å². The summed E-state index contributed by atoms with van der Waals surface area (Å²) in [6, 6.07) is 11.3. The standard InChI is InChI=1S/C17H19NO4S2/c1-12-2-5-15(6-3-12)23-10-14-4-7-16(22-14)17(19)18-13-8-9-24(20,21)11-13/h2-7,13H,8-11H2,1H3,(H,18,19). The van der Waals surface area contributed by atoms with Crippen LogP contribution in [0.2, 0.25) is 0 Å². The number of rotatable bonds is 5. The lowest BCUT2D eigenvalue weighted by Gasteiger charge is -2.08. The van der Waals surface area contributed by atoms with Crippen LogP contribution in [-0.2, 0) is 15.6 Å². The van der Waals surface area contributed by atoms with Crippen LogP contribution in [0.3, 0.4) is 0 Å². The van der Waals surface area contributed by atoms with Crippen LogP contribution < -0.4 is 5.32 Å². The van der Waals surface area contributed by atoms with Crippen molar-refractivity contribution in [2.24, 2.45) is 0 Å². The van der Waals surface area contributed by atoms with Crippen molar-refractivity contribution in [3.8, 4) is 0 Å². The quantitative estimate of drug-likeness (QED) is 0.825. The lowest BCUT2D eigenvalue weighted by Crippen LogP contribution is -2.35. The van der Waals surface area contributed by atoms with Gasteiger partial charge in [-0.25, -0.2) is 8.42 Å². The number of sulfone groups is 1. The molecule has 0 saturated carbocycles. The second-order valence-electron chi connectivity index (χ2n) is 5.94. The molecule has 1 aliphatic rings. The fraction of sp³-hybridized carbons (Fsp3) is 0.353. The van der Waals surface area contributed by atoms with Crippen LogP contribution in [0.15, 0.2) is 45.7 Å². The zero-order chi connectivity index (χ0) is 17.2. The zero-order valence-electron chi connectivity index (χ0n) is 13.3. The van der Waals surface area contributed by atoms with E-state index in [0.29, 0.717) is 17.9 Å². The Bertz CT molecular complexity index is 825. The molecule has 3 rings (SSSR count). The molecule has 1 aromatic heterocycles. The third-order valence-corrected chi connectivity index (χ3v) is 6.66. The van der Waals surface area contributed by atoms with Crippen LogP contribution in [0.1, 0.15) is 28.3 Å². The van der Waals surface area contributed by atoms with Gasteiger partial charge in [-0.2, -0.15) is 0 Å². The minimum absolute atomic E-state index is 0.00951. The molecule has 5 nitrogen and oxygen atoms in total. The molecule has 1 fully saturated rings. The summed E-state index contributed by atoms with van der Waals surface area (Å²) in [5.74, 6) is 1.35. The van der Waals surface area contributed by atoms with E-state index in [-0.39, 0.29) is 29.2 Å². The van der Waals surface area contributed by atoms with E-state index in [1.165, 1.54) is 5.56 Å². The maximum atomic E-state index is 12.1. The van der Waals surface area contributed by atoms with E-state index >= 15 is 0 Å². The Hall–Kier alpha value is -1.73. The predicted molar refractivity (Wildman–Crippen MR) is 94.0 cm³/mol. The van der Waals surface area contributed by atoms with Gasteiger partial charge in [0.05, 0.1) is 17.3 Å². The first-order chi connectivity index (χ1) is 11.4. The first-order valence-corrected chi connectivity index (χ1v) is 10.5. The van der Waals surface area contributed by atoms with Gasteiger partial charge in [0.25, 0.3) is 5.91 Å². The van der Waals surface area contributed by atoms with Crippen LogP contribution in [0, 0.1) is 6.92 Å². The normalized spacial score (nSPS) is 19.3. The molecule has 0 bridgehead atoms. The van der Waals surface area contributed by atoms with Gasteiger partial charge in [0.15, 0.2) is 15.6 Å². The summed E-state index contributed by atoms with van der Waals surface area (Å²) < 4.78 is 28.4. The van der Waals surface area contributed by atoms with Crippen LogP contribution in [0.4, 0.5) is 0 Å². The average molecular weight is 365 g/mol.